The van der Waals surface area contributed by atoms with E-state index in [1.165, 1.54) is 24.3 Å². The monoisotopic (exact) mass is 373 g/mol. The second-order valence-electron chi connectivity index (χ2n) is 6.33. The largest absolute Gasteiger partial charge is 0.545 e. The van der Waals surface area contributed by atoms with E-state index in [1.54, 1.807) is 0 Å². The Labute approximate surface area is 151 Å². The van der Waals surface area contributed by atoms with E-state index >= 15 is 0 Å². The third-order valence-corrected chi connectivity index (χ3v) is 4.07. The molecular weight excluding hydrogens is 349 g/mol. The number of ether oxygens (including phenoxy) is 1. The highest BCUT2D eigenvalue weighted by Crippen LogP contribution is 2.31. The molecule has 1 atom stereocenters. The molecule has 0 spiro atoms. The van der Waals surface area contributed by atoms with Crippen LogP contribution in [0.4, 0.5) is 13.2 Å². The van der Waals surface area contributed by atoms with Crippen LogP contribution in [0.25, 0.3) is 0 Å². The van der Waals surface area contributed by atoms with Gasteiger partial charge in [-0.1, -0.05) is 51.2 Å². The van der Waals surface area contributed by atoms with Gasteiger partial charge in [-0.15, -0.1) is 0 Å². The van der Waals surface area contributed by atoms with Gasteiger partial charge in [0.15, 0.2) is 0 Å². The number of carboxylic acid groups (broad SMARTS) is 1. The molecule has 0 aromatic heterocycles. The summed E-state index contributed by atoms with van der Waals surface area (Å²) >= 11 is 0. The van der Waals surface area contributed by atoms with E-state index in [0.29, 0.717) is 12.8 Å². The van der Waals surface area contributed by atoms with Crippen molar-refractivity contribution in [3.63, 3.8) is 0 Å². The van der Waals surface area contributed by atoms with Gasteiger partial charge in [0.25, 0.3) is 0 Å². The maximum Gasteiger partial charge on any atom is 0.389 e. The minimum absolute atomic E-state index is 0.0535. The van der Waals surface area contributed by atoms with Crippen LogP contribution >= 0.6 is 0 Å². The summed E-state index contributed by atoms with van der Waals surface area (Å²) in [5.74, 6) is -3.04. The summed E-state index contributed by atoms with van der Waals surface area (Å²) < 4.78 is 43.1. The molecule has 26 heavy (non-hydrogen) atoms. The van der Waals surface area contributed by atoms with E-state index in [2.05, 4.69) is 0 Å². The average Bonchev–Trinajstić information content (AvgIpc) is 2.55. The zero-order valence-corrected chi connectivity index (χ0v) is 14.8. The number of unbranched alkanes of at least 4 members (excludes halogenated alkanes) is 3. The second kappa shape index (κ2) is 10.8. The van der Waals surface area contributed by atoms with Gasteiger partial charge in [0, 0.05) is 18.4 Å². The van der Waals surface area contributed by atoms with Crippen LogP contribution in [-0.2, 0) is 4.79 Å². The van der Waals surface area contributed by atoms with Crippen molar-refractivity contribution in [1.82, 2.24) is 0 Å². The Bertz CT molecular complexity index is 584. The highest BCUT2D eigenvalue weighted by Gasteiger charge is 2.31. The molecule has 0 aliphatic carbocycles. The molecule has 0 bridgehead atoms. The molecule has 0 saturated carbocycles. The van der Waals surface area contributed by atoms with Crippen LogP contribution in [0, 0.1) is 5.92 Å². The minimum Gasteiger partial charge on any atom is -0.545 e. The number of benzene rings is 1. The molecule has 0 N–H and O–H groups in total. The summed E-state index contributed by atoms with van der Waals surface area (Å²) in [5.41, 5.74) is -0.271. The molecule has 1 aromatic carbocycles. The van der Waals surface area contributed by atoms with E-state index in [4.69, 9.17) is 4.74 Å². The van der Waals surface area contributed by atoms with E-state index < -0.39 is 30.5 Å². The molecule has 4 nitrogen and oxygen atoms in total. The van der Waals surface area contributed by atoms with Crippen molar-refractivity contribution in [2.24, 2.45) is 5.92 Å². The fourth-order valence-corrected chi connectivity index (χ4v) is 2.76. The SMILES string of the molecule is CCCCCCC(CCC(=O)Oc1ccccc1C(=O)[O-])CC(F)(F)F. The van der Waals surface area contributed by atoms with Crippen LogP contribution in [0.15, 0.2) is 24.3 Å². The quantitative estimate of drug-likeness (QED) is 0.330. The highest BCUT2D eigenvalue weighted by molar-refractivity contribution is 5.90. The third kappa shape index (κ3) is 8.87. The molecule has 146 valence electrons. The first-order chi connectivity index (χ1) is 12.2. The zero-order chi connectivity index (χ0) is 19.6. The molecule has 7 heteroatoms. The maximum absolute atomic E-state index is 12.7. The number of aromatic carboxylic acids is 1. The number of esters is 1. The molecule has 0 aliphatic rings. The zero-order valence-electron chi connectivity index (χ0n) is 14.8. The van der Waals surface area contributed by atoms with Crippen molar-refractivity contribution in [2.45, 2.75) is 64.5 Å². The summed E-state index contributed by atoms with van der Waals surface area (Å²) in [5, 5.41) is 11.0. The topological polar surface area (TPSA) is 66.4 Å². The Hall–Kier alpha value is -2.05. The first-order valence-electron chi connectivity index (χ1n) is 8.80. The molecule has 0 radical (unpaired) electrons. The van der Waals surface area contributed by atoms with Crippen LogP contribution in [0.3, 0.4) is 0 Å². The van der Waals surface area contributed by atoms with Crippen molar-refractivity contribution < 1.29 is 32.6 Å². The number of hydrogen-bond acceptors (Lipinski definition) is 4. The lowest BCUT2D eigenvalue weighted by Gasteiger charge is -2.18. The van der Waals surface area contributed by atoms with Crippen LogP contribution in [0.2, 0.25) is 0 Å². The summed E-state index contributed by atoms with van der Waals surface area (Å²) in [7, 11) is 0. The molecule has 1 rings (SSSR count). The maximum atomic E-state index is 12.7. The summed E-state index contributed by atoms with van der Waals surface area (Å²) in [4.78, 5) is 22.9. The van der Waals surface area contributed by atoms with Crippen LogP contribution in [0.1, 0.15) is 68.6 Å². The van der Waals surface area contributed by atoms with Crippen molar-refractivity contribution in [1.29, 1.82) is 0 Å². The number of rotatable bonds is 11. The second-order valence-corrected chi connectivity index (χ2v) is 6.33. The summed E-state index contributed by atoms with van der Waals surface area (Å²) in [6.07, 6.45) is -1.42. The fourth-order valence-electron chi connectivity index (χ4n) is 2.76. The first kappa shape index (κ1) is 22.0. The van der Waals surface area contributed by atoms with Gasteiger partial charge >= 0.3 is 12.1 Å². The van der Waals surface area contributed by atoms with Gasteiger partial charge in [0.1, 0.15) is 5.75 Å². The smallest absolute Gasteiger partial charge is 0.389 e. The molecule has 0 fully saturated rings. The number of alkyl halides is 3. The van der Waals surface area contributed by atoms with Gasteiger partial charge in [-0.25, -0.2) is 0 Å². The summed E-state index contributed by atoms with van der Waals surface area (Å²) in [6.45, 7) is 2.02. The summed E-state index contributed by atoms with van der Waals surface area (Å²) in [6, 6.07) is 5.49. The van der Waals surface area contributed by atoms with Gasteiger partial charge in [0.05, 0.1) is 5.97 Å². The lowest BCUT2D eigenvalue weighted by Crippen LogP contribution is -2.24. The number of carboxylic acids is 1. The molecule has 0 aliphatic heterocycles. The van der Waals surface area contributed by atoms with Crippen LogP contribution < -0.4 is 9.84 Å². The lowest BCUT2D eigenvalue weighted by molar-refractivity contribution is -0.255. The molecule has 0 heterocycles. The normalized spacial score (nSPS) is 12.6. The Morgan fingerprint density at radius 2 is 1.81 bits per heavy atom. The molecule has 0 amide bonds. The first-order valence-corrected chi connectivity index (χ1v) is 8.80. The van der Waals surface area contributed by atoms with Gasteiger partial charge in [-0.3, -0.25) is 4.79 Å². The minimum atomic E-state index is -4.28. The van der Waals surface area contributed by atoms with Gasteiger partial charge in [-0.2, -0.15) is 13.2 Å². The average molecular weight is 373 g/mol. The number of carbonyl (C=O) groups excluding carboxylic acids is 2. The number of halogens is 3. The standard InChI is InChI=1S/C19H25F3O4/c1-2-3-4-5-8-14(13-19(20,21)22)11-12-17(23)26-16-10-7-6-9-15(16)18(24)25/h6-7,9-10,14H,2-5,8,11-13H2,1H3,(H,24,25)/p-1. The van der Waals surface area contributed by atoms with Crippen LogP contribution in [-0.4, -0.2) is 18.1 Å². The van der Waals surface area contributed by atoms with Gasteiger partial charge in [0.2, 0.25) is 0 Å². The van der Waals surface area contributed by atoms with E-state index in [0.717, 1.165) is 19.3 Å². The van der Waals surface area contributed by atoms with E-state index in [9.17, 15) is 27.9 Å². The fraction of sp³-hybridized carbons (Fsp3) is 0.579. The Balaban J connectivity index is 2.58. The lowest BCUT2D eigenvalue weighted by atomic mass is 9.92. The number of hydrogen-bond donors (Lipinski definition) is 0. The van der Waals surface area contributed by atoms with Crippen molar-refractivity contribution in [3.05, 3.63) is 29.8 Å². The molecule has 1 unspecified atom stereocenters. The van der Waals surface area contributed by atoms with Crippen molar-refractivity contribution in [3.8, 4) is 5.75 Å². The Morgan fingerprint density at radius 1 is 1.12 bits per heavy atom. The Kier molecular flexibility index (Phi) is 9.16. The van der Waals surface area contributed by atoms with Crippen LogP contribution in [0.5, 0.6) is 5.75 Å². The molecular formula is C19H24F3O4-. The predicted molar refractivity (Wildman–Crippen MR) is 88.6 cm³/mol. The van der Waals surface area contributed by atoms with Crippen molar-refractivity contribution >= 4 is 11.9 Å². The Morgan fingerprint density at radius 3 is 2.42 bits per heavy atom. The number of carbonyl (C=O) groups is 2. The van der Waals surface area contributed by atoms with E-state index in [1.807, 2.05) is 6.92 Å². The third-order valence-electron chi connectivity index (χ3n) is 4.07. The number of para-hydroxylation sites is 1. The van der Waals surface area contributed by atoms with Gasteiger partial charge in [-0.05, 0) is 24.5 Å². The van der Waals surface area contributed by atoms with Gasteiger partial charge < -0.3 is 14.6 Å². The predicted octanol–water partition coefficient (Wildman–Crippen LogP) is 4.27. The van der Waals surface area contributed by atoms with E-state index in [-0.39, 0.29) is 24.2 Å². The highest BCUT2D eigenvalue weighted by atomic mass is 19.4. The molecule has 1 aromatic rings. The van der Waals surface area contributed by atoms with Crippen molar-refractivity contribution in [2.75, 3.05) is 0 Å². The molecule has 0 saturated heterocycles.